The Morgan fingerprint density at radius 1 is 1.31 bits per heavy atom. The van der Waals surface area contributed by atoms with Crippen molar-refractivity contribution in [3.05, 3.63) is 51.8 Å². The van der Waals surface area contributed by atoms with Gasteiger partial charge >= 0.3 is 0 Å². The molecule has 2 heterocycles. The van der Waals surface area contributed by atoms with Gasteiger partial charge in [-0.25, -0.2) is 13.4 Å². The largest absolute Gasteiger partial charge is 0.352 e. The van der Waals surface area contributed by atoms with Crippen molar-refractivity contribution in [3.8, 4) is 0 Å². The number of benzene rings is 1. The average Bonchev–Trinajstić information content (AvgIpc) is 3.33. The molecule has 3 aromatic rings. The zero-order chi connectivity index (χ0) is 18.5. The van der Waals surface area contributed by atoms with E-state index in [9.17, 15) is 8.42 Å². The summed E-state index contributed by atoms with van der Waals surface area (Å²) in [4.78, 5) is 4.35. The highest BCUT2D eigenvalue weighted by atomic mass is 79.9. The van der Waals surface area contributed by atoms with Crippen LogP contribution in [0.1, 0.15) is 18.4 Å². The summed E-state index contributed by atoms with van der Waals surface area (Å²) >= 11 is 9.71. The summed E-state index contributed by atoms with van der Waals surface area (Å²) in [5, 5.41) is 3.48. The number of sulfonamides is 1. The van der Waals surface area contributed by atoms with Gasteiger partial charge in [-0.2, -0.15) is 0 Å². The molecule has 0 aliphatic heterocycles. The third kappa shape index (κ3) is 3.28. The number of pyridine rings is 1. The number of anilines is 3. The number of hydrogen-bond donors (Lipinski definition) is 2. The Labute approximate surface area is 164 Å². The second-order valence-electron chi connectivity index (χ2n) is 6.30. The van der Waals surface area contributed by atoms with Crippen LogP contribution in [0.3, 0.4) is 0 Å². The van der Waals surface area contributed by atoms with Gasteiger partial charge in [0.2, 0.25) is 10.0 Å². The maximum absolute atomic E-state index is 12.5. The first-order valence-corrected chi connectivity index (χ1v) is 10.8. The van der Waals surface area contributed by atoms with Crippen LogP contribution in [0.5, 0.6) is 0 Å². The molecule has 26 heavy (non-hydrogen) atoms. The molecule has 1 saturated carbocycles. The Morgan fingerprint density at radius 3 is 2.77 bits per heavy atom. The summed E-state index contributed by atoms with van der Waals surface area (Å²) in [5.41, 5.74) is 3.36. The average molecular weight is 456 g/mol. The van der Waals surface area contributed by atoms with E-state index in [-0.39, 0.29) is 5.25 Å². The van der Waals surface area contributed by atoms with E-state index in [2.05, 4.69) is 31.0 Å². The van der Waals surface area contributed by atoms with Crippen molar-refractivity contribution >= 4 is 60.3 Å². The molecule has 9 heteroatoms. The number of rotatable bonds is 5. The van der Waals surface area contributed by atoms with Crippen LogP contribution in [-0.2, 0) is 10.0 Å². The van der Waals surface area contributed by atoms with Crippen LogP contribution in [-0.4, -0.2) is 23.1 Å². The van der Waals surface area contributed by atoms with Gasteiger partial charge < -0.3 is 9.72 Å². The lowest BCUT2D eigenvalue weighted by Gasteiger charge is -2.18. The van der Waals surface area contributed by atoms with Crippen LogP contribution in [0.15, 0.2) is 41.3 Å². The molecule has 0 unspecified atom stereocenters. The predicted molar refractivity (Wildman–Crippen MR) is 108 cm³/mol. The van der Waals surface area contributed by atoms with Crippen LogP contribution in [0.2, 0.25) is 5.02 Å². The summed E-state index contributed by atoms with van der Waals surface area (Å²) < 4.78 is 30.3. The lowest BCUT2D eigenvalue weighted by atomic mass is 10.2. The minimum absolute atomic E-state index is 0.314. The monoisotopic (exact) mass is 454 g/mol. The predicted octanol–water partition coefficient (Wildman–Crippen LogP) is 4.71. The maximum atomic E-state index is 12.5. The molecule has 0 bridgehead atoms. The van der Waals surface area contributed by atoms with Gasteiger partial charge in [0.1, 0.15) is 5.65 Å². The van der Waals surface area contributed by atoms with Gasteiger partial charge in [0, 0.05) is 28.6 Å². The third-order valence-electron chi connectivity index (χ3n) is 4.32. The fourth-order valence-electron chi connectivity index (χ4n) is 2.80. The molecule has 1 aromatic carbocycles. The number of nitrogens with zero attached hydrogens (tertiary/aromatic N) is 2. The number of fused-ring (bicyclic) bond motifs is 1. The number of aromatic nitrogens is 2. The van der Waals surface area contributed by atoms with Crippen molar-refractivity contribution in [2.24, 2.45) is 0 Å². The number of halogens is 2. The topological polar surface area (TPSA) is 75.5 Å². The molecule has 2 N–H and O–H groups in total. The molecule has 4 rings (SSSR count). The minimum Gasteiger partial charge on any atom is -0.352 e. The highest BCUT2D eigenvalue weighted by Crippen LogP contribution is 2.37. The summed E-state index contributed by atoms with van der Waals surface area (Å²) in [6, 6.07) is 5.48. The fourth-order valence-corrected chi connectivity index (χ4v) is 4.91. The van der Waals surface area contributed by atoms with E-state index in [4.69, 9.17) is 11.6 Å². The highest BCUT2D eigenvalue weighted by molar-refractivity contribution is 9.10. The standard InChI is InChI=1S/C17H16BrClN4O2S/c1-10-16(21-14-5-2-11(18)8-13(14)19)15(9-23-7-6-20-17(10)23)22-26(24,25)12-3-4-12/h2,5-9,12,21-22H,3-4H2,1H3. The molecule has 0 radical (unpaired) electrons. The van der Waals surface area contributed by atoms with Crippen molar-refractivity contribution in [2.75, 3.05) is 10.0 Å². The molecule has 0 spiro atoms. The molecule has 2 aromatic heterocycles. The summed E-state index contributed by atoms with van der Waals surface area (Å²) in [7, 11) is -3.40. The van der Waals surface area contributed by atoms with E-state index >= 15 is 0 Å². The molecule has 1 fully saturated rings. The van der Waals surface area contributed by atoms with Gasteiger partial charge in [0.15, 0.2) is 0 Å². The normalized spacial score (nSPS) is 14.6. The number of hydrogen-bond acceptors (Lipinski definition) is 4. The SMILES string of the molecule is Cc1c(Nc2ccc(Br)cc2Cl)c(NS(=O)(=O)C2CC2)cn2ccnc12. The van der Waals surface area contributed by atoms with Crippen molar-refractivity contribution < 1.29 is 8.42 Å². The zero-order valence-corrected chi connectivity index (χ0v) is 17.0. The molecular weight excluding hydrogens is 440 g/mol. The maximum Gasteiger partial charge on any atom is 0.235 e. The van der Waals surface area contributed by atoms with Crippen molar-refractivity contribution in [1.29, 1.82) is 0 Å². The van der Waals surface area contributed by atoms with E-state index < -0.39 is 10.0 Å². The first-order valence-electron chi connectivity index (χ1n) is 8.05. The fraction of sp³-hybridized carbons (Fsp3) is 0.235. The van der Waals surface area contributed by atoms with E-state index in [1.165, 1.54) is 0 Å². The van der Waals surface area contributed by atoms with Crippen molar-refractivity contribution in [2.45, 2.75) is 25.0 Å². The lowest BCUT2D eigenvalue weighted by Crippen LogP contribution is -2.19. The molecule has 0 atom stereocenters. The van der Waals surface area contributed by atoms with E-state index in [0.717, 1.165) is 15.7 Å². The number of nitrogens with one attached hydrogen (secondary N) is 2. The molecule has 136 valence electrons. The Balaban J connectivity index is 1.82. The van der Waals surface area contributed by atoms with Crippen molar-refractivity contribution in [3.63, 3.8) is 0 Å². The quantitative estimate of drug-likeness (QED) is 0.584. The van der Waals surface area contributed by atoms with Gasteiger partial charge in [-0.15, -0.1) is 0 Å². The minimum atomic E-state index is -3.40. The second-order valence-corrected chi connectivity index (χ2v) is 9.58. The zero-order valence-electron chi connectivity index (χ0n) is 13.8. The van der Waals surface area contributed by atoms with Gasteiger partial charge in [-0.1, -0.05) is 27.5 Å². The van der Waals surface area contributed by atoms with Gasteiger partial charge in [0.25, 0.3) is 0 Å². The van der Waals surface area contributed by atoms with E-state index in [1.807, 2.05) is 19.1 Å². The molecule has 6 nitrogen and oxygen atoms in total. The molecule has 1 aliphatic carbocycles. The van der Waals surface area contributed by atoms with Crippen molar-refractivity contribution in [1.82, 2.24) is 9.38 Å². The Kier molecular flexibility index (Phi) is 4.37. The third-order valence-corrected chi connectivity index (χ3v) is 6.98. The summed E-state index contributed by atoms with van der Waals surface area (Å²) in [6.07, 6.45) is 6.59. The Hall–Kier alpha value is -1.77. The van der Waals surface area contributed by atoms with E-state index in [1.54, 1.807) is 29.1 Å². The molecule has 0 amide bonds. The summed E-state index contributed by atoms with van der Waals surface area (Å²) in [6.45, 7) is 1.90. The number of imidazole rings is 1. The first kappa shape index (κ1) is 17.6. The smallest absolute Gasteiger partial charge is 0.235 e. The summed E-state index contributed by atoms with van der Waals surface area (Å²) in [5.74, 6) is 0. The van der Waals surface area contributed by atoms with Gasteiger partial charge in [-0.05, 0) is 38.0 Å². The van der Waals surface area contributed by atoms with Crippen LogP contribution in [0.4, 0.5) is 17.1 Å². The Bertz CT molecular complexity index is 1110. The molecule has 1 aliphatic rings. The van der Waals surface area contributed by atoms with Gasteiger partial charge in [0.05, 0.1) is 27.3 Å². The first-order chi connectivity index (χ1) is 12.3. The van der Waals surface area contributed by atoms with Crippen LogP contribution >= 0.6 is 27.5 Å². The van der Waals surface area contributed by atoms with Gasteiger partial charge in [-0.3, -0.25) is 4.72 Å². The van der Waals surface area contributed by atoms with Crippen LogP contribution in [0.25, 0.3) is 5.65 Å². The lowest BCUT2D eigenvalue weighted by molar-refractivity contribution is 0.600. The Morgan fingerprint density at radius 2 is 2.08 bits per heavy atom. The molecular formula is C17H16BrClN4O2S. The molecule has 0 saturated heterocycles. The van der Waals surface area contributed by atoms with Crippen LogP contribution < -0.4 is 10.0 Å². The van der Waals surface area contributed by atoms with Crippen LogP contribution in [0, 0.1) is 6.92 Å². The highest BCUT2D eigenvalue weighted by Gasteiger charge is 2.36. The number of aryl methyl sites for hydroxylation is 1. The van der Waals surface area contributed by atoms with E-state index in [0.29, 0.717) is 34.9 Å². The second kappa shape index (κ2) is 6.44.